The molecule has 2 unspecified atom stereocenters. The second kappa shape index (κ2) is 6.30. The molecule has 0 aromatic carbocycles. The highest BCUT2D eigenvalue weighted by molar-refractivity contribution is 7.84. The quantitative estimate of drug-likeness (QED) is 0.852. The Balaban J connectivity index is 2.60. The van der Waals surface area contributed by atoms with Crippen LogP contribution in [0.2, 0.25) is 0 Å². The molecule has 92 valence electrons. The van der Waals surface area contributed by atoms with Gasteiger partial charge in [-0.1, -0.05) is 6.92 Å². The Labute approximate surface area is 104 Å². The molecule has 0 aliphatic rings. The molecule has 0 saturated heterocycles. The highest BCUT2D eigenvalue weighted by atomic mass is 32.2. The molecule has 0 aliphatic heterocycles. The molecule has 6 heteroatoms. The SMILES string of the molecule is Cc1ncc(C#N)c(NCCC(C)S(C)=O)n1. The van der Waals surface area contributed by atoms with Gasteiger partial charge in [-0.15, -0.1) is 0 Å². The lowest BCUT2D eigenvalue weighted by atomic mass is 10.3. The zero-order valence-corrected chi connectivity index (χ0v) is 11.0. The first-order valence-electron chi connectivity index (χ1n) is 5.34. The highest BCUT2D eigenvalue weighted by Gasteiger charge is 2.08. The van der Waals surface area contributed by atoms with Crippen molar-refractivity contribution in [3.8, 4) is 6.07 Å². The summed E-state index contributed by atoms with van der Waals surface area (Å²) in [5.41, 5.74) is 0.431. The summed E-state index contributed by atoms with van der Waals surface area (Å²) in [5.74, 6) is 1.17. The average molecular weight is 252 g/mol. The van der Waals surface area contributed by atoms with E-state index in [1.165, 1.54) is 6.20 Å². The minimum atomic E-state index is -0.817. The van der Waals surface area contributed by atoms with Gasteiger partial charge >= 0.3 is 0 Å². The first kappa shape index (κ1) is 13.6. The van der Waals surface area contributed by atoms with Crippen molar-refractivity contribution in [1.82, 2.24) is 9.97 Å². The van der Waals surface area contributed by atoms with E-state index in [1.807, 2.05) is 13.0 Å². The summed E-state index contributed by atoms with van der Waals surface area (Å²) < 4.78 is 11.2. The fourth-order valence-electron chi connectivity index (χ4n) is 1.25. The van der Waals surface area contributed by atoms with E-state index >= 15 is 0 Å². The fraction of sp³-hybridized carbons (Fsp3) is 0.545. The van der Waals surface area contributed by atoms with E-state index in [0.717, 1.165) is 6.42 Å². The molecule has 1 N–H and O–H groups in total. The molecule has 1 aromatic rings. The van der Waals surface area contributed by atoms with Crippen LogP contribution in [-0.2, 0) is 10.8 Å². The molecule has 0 bridgehead atoms. The molecule has 17 heavy (non-hydrogen) atoms. The zero-order chi connectivity index (χ0) is 12.8. The summed E-state index contributed by atoms with van der Waals surface area (Å²) in [4.78, 5) is 8.12. The smallest absolute Gasteiger partial charge is 0.147 e. The van der Waals surface area contributed by atoms with Gasteiger partial charge in [0.25, 0.3) is 0 Å². The monoisotopic (exact) mass is 252 g/mol. The van der Waals surface area contributed by atoms with Crippen LogP contribution in [0.1, 0.15) is 24.7 Å². The Morgan fingerprint density at radius 1 is 1.65 bits per heavy atom. The van der Waals surface area contributed by atoms with Gasteiger partial charge in [0, 0.05) is 28.9 Å². The summed E-state index contributed by atoms with van der Waals surface area (Å²) in [6, 6.07) is 2.04. The minimum Gasteiger partial charge on any atom is -0.369 e. The summed E-state index contributed by atoms with van der Waals surface area (Å²) in [7, 11) is -0.817. The third-order valence-electron chi connectivity index (χ3n) is 2.44. The third-order valence-corrected chi connectivity index (χ3v) is 3.81. The maximum absolute atomic E-state index is 11.2. The van der Waals surface area contributed by atoms with Crippen molar-refractivity contribution in [1.29, 1.82) is 5.26 Å². The topological polar surface area (TPSA) is 78.7 Å². The van der Waals surface area contributed by atoms with Crippen molar-refractivity contribution in [2.45, 2.75) is 25.5 Å². The first-order chi connectivity index (χ1) is 8.04. The van der Waals surface area contributed by atoms with Gasteiger partial charge in [0.1, 0.15) is 23.3 Å². The van der Waals surface area contributed by atoms with E-state index in [2.05, 4.69) is 15.3 Å². The van der Waals surface area contributed by atoms with Gasteiger partial charge in [-0.25, -0.2) is 9.97 Å². The van der Waals surface area contributed by atoms with Crippen molar-refractivity contribution in [2.75, 3.05) is 18.1 Å². The van der Waals surface area contributed by atoms with E-state index in [1.54, 1.807) is 13.2 Å². The van der Waals surface area contributed by atoms with Crippen LogP contribution in [0.15, 0.2) is 6.20 Å². The number of hydrogen-bond acceptors (Lipinski definition) is 5. The van der Waals surface area contributed by atoms with Gasteiger partial charge in [-0.05, 0) is 13.3 Å². The predicted octanol–water partition coefficient (Wildman–Crippen LogP) is 1.23. The number of rotatable bonds is 5. The normalized spacial score (nSPS) is 13.8. The van der Waals surface area contributed by atoms with E-state index in [9.17, 15) is 4.21 Å². The van der Waals surface area contributed by atoms with Crippen LogP contribution in [0.4, 0.5) is 5.82 Å². The van der Waals surface area contributed by atoms with Gasteiger partial charge in [-0.3, -0.25) is 4.21 Å². The lowest BCUT2D eigenvalue weighted by molar-refractivity contribution is 0.672. The van der Waals surface area contributed by atoms with Gasteiger partial charge < -0.3 is 5.32 Å². The average Bonchev–Trinajstić information content (AvgIpc) is 2.29. The van der Waals surface area contributed by atoms with Crippen LogP contribution >= 0.6 is 0 Å². The van der Waals surface area contributed by atoms with Crippen LogP contribution in [0.25, 0.3) is 0 Å². The van der Waals surface area contributed by atoms with Crippen LogP contribution in [-0.4, -0.2) is 32.2 Å². The van der Waals surface area contributed by atoms with Gasteiger partial charge in [-0.2, -0.15) is 5.26 Å². The summed E-state index contributed by atoms with van der Waals surface area (Å²) in [5, 5.41) is 12.1. The fourth-order valence-corrected chi connectivity index (χ4v) is 1.70. The third kappa shape index (κ3) is 4.11. The molecule has 1 rings (SSSR count). The number of hydrogen-bond donors (Lipinski definition) is 1. The van der Waals surface area contributed by atoms with Gasteiger partial charge in [0.2, 0.25) is 0 Å². The number of aryl methyl sites for hydroxylation is 1. The lowest BCUT2D eigenvalue weighted by Crippen LogP contribution is -2.16. The maximum Gasteiger partial charge on any atom is 0.147 e. The number of aromatic nitrogens is 2. The molecule has 0 saturated carbocycles. The van der Waals surface area contributed by atoms with E-state index in [4.69, 9.17) is 5.26 Å². The van der Waals surface area contributed by atoms with Crippen LogP contribution < -0.4 is 5.32 Å². The van der Waals surface area contributed by atoms with Crippen LogP contribution in [0.5, 0.6) is 0 Å². The van der Waals surface area contributed by atoms with Crippen molar-refractivity contribution in [3.63, 3.8) is 0 Å². The molecule has 0 amide bonds. The molecule has 0 radical (unpaired) electrons. The molecule has 5 nitrogen and oxygen atoms in total. The van der Waals surface area contributed by atoms with Crippen molar-refractivity contribution >= 4 is 16.6 Å². The summed E-state index contributed by atoms with van der Waals surface area (Å²) in [6.45, 7) is 4.36. The Kier molecular flexibility index (Phi) is 5.04. The van der Waals surface area contributed by atoms with Crippen LogP contribution in [0, 0.1) is 18.3 Å². The largest absolute Gasteiger partial charge is 0.369 e. The minimum absolute atomic E-state index is 0.135. The number of nitriles is 1. The van der Waals surface area contributed by atoms with Crippen molar-refractivity contribution < 1.29 is 4.21 Å². The number of nitrogens with one attached hydrogen (secondary N) is 1. The second-order valence-corrected chi connectivity index (χ2v) is 5.62. The molecule has 0 spiro atoms. The van der Waals surface area contributed by atoms with Crippen LogP contribution in [0.3, 0.4) is 0 Å². The first-order valence-corrected chi connectivity index (χ1v) is 6.96. The molecular weight excluding hydrogens is 236 g/mol. The number of nitrogens with zero attached hydrogens (tertiary/aromatic N) is 3. The van der Waals surface area contributed by atoms with Gasteiger partial charge in [0.15, 0.2) is 0 Å². The lowest BCUT2D eigenvalue weighted by Gasteiger charge is -2.10. The zero-order valence-electron chi connectivity index (χ0n) is 10.2. The molecule has 0 aliphatic carbocycles. The standard InChI is InChI=1S/C11H16N4OS/c1-8(17(3)16)4-5-13-11-10(6-12)7-14-9(2)15-11/h7-8H,4-5H2,1-3H3,(H,13,14,15). The Morgan fingerprint density at radius 3 is 2.94 bits per heavy atom. The van der Waals surface area contributed by atoms with Crippen molar-refractivity contribution in [2.24, 2.45) is 0 Å². The highest BCUT2D eigenvalue weighted by Crippen LogP contribution is 2.10. The molecule has 1 aromatic heterocycles. The van der Waals surface area contributed by atoms with E-state index < -0.39 is 10.8 Å². The van der Waals surface area contributed by atoms with Gasteiger partial charge in [0.05, 0.1) is 6.20 Å². The molecule has 0 fully saturated rings. The Bertz CT molecular complexity index is 455. The summed E-state index contributed by atoms with van der Waals surface area (Å²) in [6.07, 6.45) is 3.98. The van der Waals surface area contributed by atoms with Crippen molar-refractivity contribution in [3.05, 3.63) is 17.6 Å². The number of anilines is 1. The summed E-state index contributed by atoms with van der Waals surface area (Å²) >= 11 is 0. The molecule has 2 atom stereocenters. The Hall–Kier alpha value is -1.48. The Morgan fingerprint density at radius 2 is 2.35 bits per heavy atom. The van der Waals surface area contributed by atoms with E-state index in [0.29, 0.717) is 23.8 Å². The molecule has 1 heterocycles. The second-order valence-electron chi connectivity index (χ2n) is 3.82. The predicted molar refractivity (Wildman–Crippen MR) is 68.1 cm³/mol. The van der Waals surface area contributed by atoms with E-state index in [-0.39, 0.29) is 5.25 Å². The molecular formula is C11H16N4OS. The maximum atomic E-state index is 11.2.